The van der Waals surface area contributed by atoms with Crippen molar-refractivity contribution < 1.29 is 0 Å². The minimum Gasteiger partial charge on any atom is -0.383 e. The molecule has 1 aromatic rings. The molecule has 0 unspecified atom stereocenters. The summed E-state index contributed by atoms with van der Waals surface area (Å²) in [5.41, 5.74) is 1.59. The van der Waals surface area contributed by atoms with Gasteiger partial charge in [0.05, 0.1) is 11.3 Å². The Labute approximate surface area is 123 Å². The smallest absolute Gasteiger partial charge is 0.103 e. The van der Waals surface area contributed by atoms with E-state index in [1.807, 2.05) is 18.2 Å². The van der Waals surface area contributed by atoms with E-state index in [0.29, 0.717) is 5.56 Å². The number of nitrogens with zero attached hydrogens (tertiary/aromatic N) is 3. The highest BCUT2D eigenvalue weighted by atomic mass is 79.9. The van der Waals surface area contributed by atoms with Gasteiger partial charge in [-0.05, 0) is 35.1 Å². The van der Waals surface area contributed by atoms with Gasteiger partial charge in [-0.1, -0.05) is 6.07 Å². The van der Waals surface area contributed by atoms with Gasteiger partial charge in [0.2, 0.25) is 0 Å². The van der Waals surface area contributed by atoms with Crippen molar-refractivity contribution in [1.82, 2.24) is 9.80 Å². The first-order chi connectivity index (χ1) is 9.20. The van der Waals surface area contributed by atoms with Crippen LogP contribution in [0.1, 0.15) is 5.56 Å². The van der Waals surface area contributed by atoms with Crippen molar-refractivity contribution in [2.75, 3.05) is 51.6 Å². The van der Waals surface area contributed by atoms with Gasteiger partial charge in [0.1, 0.15) is 6.07 Å². The summed E-state index contributed by atoms with van der Waals surface area (Å²) in [7, 11) is 2.16. The summed E-state index contributed by atoms with van der Waals surface area (Å²) in [6.07, 6.45) is 0. The second kappa shape index (κ2) is 6.90. The van der Waals surface area contributed by atoms with Crippen LogP contribution in [0.25, 0.3) is 0 Å². The van der Waals surface area contributed by atoms with E-state index < -0.39 is 0 Å². The number of piperazine rings is 1. The molecule has 0 aliphatic carbocycles. The fraction of sp³-hybridized carbons (Fsp3) is 0.500. The maximum Gasteiger partial charge on any atom is 0.103 e. The summed E-state index contributed by atoms with van der Waals surface area (Å²) in [5.74, 6) is 0. The predicted octanol–water partition coefficient (Wildman–Crippen LogP) is 1.98. The fourth-order valence-electron chi connectivity index (χ4n) is 2.21. The van der Waals surface area contributed by atoms with Crippen LogP contribution in [0.15, 0.2) is 22.7 Å². The Morgan fingerprint density at radius 3 is 2.74 bits per heavy atom. The molecular weight excluding hydrogens is 304 g/mol. The van der Waals surface area contributed by atoms with Crippen LogP contribution in [-0.2, 0) is 0 Å². The number of nitrogens with one attached hydrogen (secondary N) is 1. The van der Waals surface area contributed by atoms with Gasteiger partial charge >= 0.3 is 0 Å². The number of halogens is 1. The number of nitriles is 1. The molecule has 0 bridgehead atoms. The number of anilines is 1. The third kappa shape index (κ3) is 3.93. The number of hydrogen-bond donors (Lipinski definition) is 1. The molecule has 1 heterocycles. The van der Waals surface area contributed by atoms with E-state index in [4.69, 9.17) is 5.26 Å². The molecule has 0 atom stereocenters. The molecule has 102 valence electrons. The van der Waals surface area contributed by atoms with Crippen LogP contribution in [0.2, 0.25) is 0 Å². The quantitative estimate of drug-likeness (QED) is 0.920. The predicted molar refractivity (Wildman–Crippen MR) is 81.3 cm³/mol. The van der Waals surface area contributed by atoms with E-state index in [1.165, 1.54) is 0 Å². The first-order valence-corrected chi connectivity index (χ1v) is 7.33. The lowest BCUT2D eigenvalue weighted by atomic mass is 10.2. The normalized spacial score (nSPS) is 17.1. The summed E-state index contributed by atoms with van der Waals surface area (Å²) in [5, 5.41) is 12.5. The van der Waals surface area contributed by atoms with Gasteiger partial charge in [-0.15, -0.1) is 0 Å². The standard InChI is InChI=1S/C14H19BrN4/c1-18-7-9-19(10-8-18)6-5-17-14-4-2-3-13(15)12(14)11-16/h2-4,17H,5-10H2,1H3. The summed E-state index contributed by atoms with van der Waals surface area (Å²) >= 11 is 3.40. The van der Waals surface area contributed by atoms with E-state index in [9.17, 15) is 0 Å². The lowest BCUT2D eigenvalue weighted by Crippen LogP contribution is -2.45. The zero-order valence-corrected chi connectivity index (χ0v) is 12.8. The molecule has 0 spiro atoms. The molecule has 1 saturated heterocycles. The maximum absolute atomic E-state index is 9.14. The maximum atomic E-state index is 9.14. The monoisotopic (exact) mass is 322 g/mol. The van der Waals surface area contributed by atoms with Crippen LogP contribution in [0.3, 0.4) is 0 Å². The first kappa shape index (κ1) is 14.3. The van der Waals surface area contributed by atoms with E-state index in [0.717, 1.165) is 49.4 Å². The molecule has 0 amide bonds. The van der Waals surface area contributed by atoms with Crippen LogP contribution in [-0.4, -0.2) is 56.1 Å². The van der Waals surface area contributed by atoms with Crippen LogP contribution < -0.4 is 5.32 Å². The van der Waals surface area contributed by atoms with Gasteiger partial charge in [-0.25, -0.2) is 0 Å². The average Bonchev–Trinajstić information content (AvgIpc) is 2.41. The topological polar surface area (TPSA) is 42.3 Å². The van der Waals surface area contributed by atoms with Crippen LogP contribution in [0, 0.1) is 11.3 Å². The number of rotatable bonds is 4. The lowest BCUT2D eigenvalue weighted by Gasteiger charge is -2.32. The Hall–Kier alpha value is -1.09. The SMILES string of the molecule is CN1CCN(CCNc2cccc(Br)c2C#N)CC1. The summed E-state index contributed by atoms with van der Waals surface area (Å²) in [4.78, 5) is 4.81. The van der Waals surface area contributed by atoms with Gasteiger partial charge in [-0.2, -0.15) is 5.26 Å². The van der Waals surface area contributed by atoms with E-state index in [2.05, 4.69) is 44.2 Å². The molecule has 0 radical (unpaired) electrons. The third-order valence-corrected chi connectivity index (χ3v) is 4.13. The van der Waals surface area contributed by atoms with Crippen molar-refractivity contribution in [3.05, 3.63) is 28.2 Å². The van der Waals surface area contributed by atoms with Crippen molar-refractivity contribution >= 4 is 21.6 Å². The third-order valence-electron chi connectivity index (χ3n) is 3.46. The van der Waals surface area contributed by atoms with Crippen molar-refractivity contribution in [3.63, 3.8) is 0 Å². The molecule has 1 aromatic carbocycles. The Kier molecular flexibility index (Phi) is 5.20. The van der Waals surface area contributed by atoms with Gasteiger partial charge in [0.25, 0.3) is 0 Å². The van der Waals surface area contributed by atoms with Crippen molar-refractivity contribution in [3.8, 4) is 6.07 Å². The number of likely N-dealkylation sites (N-methyl/N-ethyl adjacent to an activating group) is 1. The Balaban J connectivity index is 1.83. The molecule has 1 aliphatic heterocycles. The summed E-state index contributed by atoms with van der Waals surface area (Å²) < 4.78 is 0.847. The van der Waals surface area contributed by atoms with Crippen molar-refractivity contribution in [2.24, 2.45) is 0 Å². The highest BCUT2D eigenvalue weighted by Gasteiger charge is 2.13. The van der Waals surface area contributed by atoms with Crippen LogP contribution in [0.5, 0.6) is 0 Å². The van der Waals surface area contributed by atoms with Gasteiger partial charge < -0.3 is 10.2 Å². The minimum absolute atomic E-state index is 0.681. The van der Waals surface area contributed by atoms with Crippen LogP contribution in [0.4, 0.5) is 5.69 Å². The van der Waals surface area contributed by atoms with E-state index in [1.54, 1.807) is 0 Å². The van der Waals surface area contributed by atoms with Gasteiger partial charge in [0.15, 0.2) is 0 Å². The molecule has 5 heteroatoms. The second-order valence-corrected chi connectivity index (χ2v) is 5.70. The molecule has 1 N–H and O–H groups in total. The van der Waals surface area contributed by atoms with E-state index >= 15 is 0 Å². The lowest BCUT2D eigenvalue weighted by molar-refractivity contribution is 0.158. The Bertz CT molecular complexity index is 461. The number of benzene rings is 1. The highest BCUT2D eigenvalue weighted by molar-refractivity contribution is 9.10. The fourth-order valence-corrected chi connectivity index (χ4v) is 2.66. The van der Waals surface area contributed by atoms with Crippen molar-refractivity contribution in [2.45, 2.75) is 0 Å². The zero-order chi connectivity index (χ0) is 13.7. The summed E-state index contributed by atoms with van der Waals surface area (Å²) in [6.45, 7) is 6.42. The Morgan fingerprint density at radius 1 is 1.32 bits per heavy atom. The zero-order valence-electron chi connectivity index (χ0n) is 11.2. The molecular formula is C14H19BrN4. The molecule has 4 nitrogen and oxygen atoms in total. The first-order valence-electron chi connectivity index (χ1n) is 6.54. The molecule has 19 heavy (non-hydrogen) atoms. The Morgan fingerprint density at radius 2 is 2.05 bits per heavy atom. The minimum atomic E-state index is 0.681. The van der Waals surface area contributed by atoms with E-state index in [-0.39, 0.29) is 0 Å². The molecule has 2 rings (SSSR count). The molecule has 0 saturated carbocycles. The summed E-state index contributed by atoms with van der Waals surface area (Å²) in [6, 6.07) is 8.02. The molecule has 0 aromatic heterocycles. The van der Waals surface area contributed by atoms with Crippen LogP contribution >= 0.6 is 15.9 Å². The number of hydrogen-bond acceptors (Lipinski definition) is 4. The van der Waals surface area contributed by atoms with Gasteiger partial charge in [-0.3, -0.25) is 4.90 Å². The molecule has 1 aliphatic rings. The molecule has 1 fully saturated rings. The average molecular weight is 323 g/mol. The van der Waals surface area contributed by atoms with Crippen molar-refractivity contribution in [1.29, 1.82) is 5.26 Å². The highest BCUT2D eigenvalue weighted by Crippen LogP contribution is 2.23. The largest absolute Gasteiger partial charge is 0.383 e. The van der Waals surface area contributed by atoms with Gasteiger partial charge in [0, 0.05) is 43.7 Å². The second-order valence-electron chi connectivity index (χ2n) is 4.85.